The first-order valence-electron chi connectivity index (χ1n) is 9.69. The quantitative estimate of drug-likeness (QED) is 0.508. The van der Waals surface area contributed by atoms with Gasteiger partial charge in [0.05, 0.1) is 11.5 Å². The van der Waals surface area contributed by atoms with Gasteiger partial charge in [-0.15, -0.1) is 0 Å². The van der Waals surface area contributed by atoms with Gasteiger partial charge in [-0.2, -0.15) is 0 Å². The Morgan fingerprint density at radius 1 is 1.15 bits per heavy atom. The van der Waals surface area contributed by atoms with Crippen LogP contribution in [0.15, 0.2) is 47.4 Å². The van der Waals surface area contributed by atoms with Crippen molar-refractivity contribution in [3.05, 3.63) is 58.0 Å². The number of nitrogens with one attached hydrogen (secondary N) is 1. The van der Waals surface area contributed by atoms with E-state index >= 15 is 0 Å². The number of nitrogens with zero attached hydrogens (tertiary/aromatic N) is 1. The zero-order valence-corrected chi connectivity index (χ0v) is 18.9. The summed E-state index contributed by atoms with van der Waals surface area (Å²) in [5.74, 6) is -1.74. The molecule has 0 bridgehead atoms. The molecule has 11 heteroatoms. The first kappa shape index (κ1) is 24.1. The molecule has 0 saturated carbocycles. The summed E-state index contributed by atoms with van der Waals surface area (Å²) in [5, 5.41) is 11.2. The van der Waals surface area contributed by atoms with Crippen LogP contribution in [0.3, 0.4) is 0 Å². The van der Waals surface area contributed by atoms with Crippen LogP contribution < -0.4 is 14.8 Å². The van der Waals surface area contributed by atoms with Crippen LogP contribution in [0.1, 0.15) is 12.5 Å². The van der Waals surface area contributed by atoms with Crippen molar-refractivity contribution in [1.29, 1.82) is 0 Å². The molecule has 1 saturated heterocycles. The van der Waals surface area contributed by atoms with Crippen molar-refractivity contribution in [2.75, 3.05) is 25.1 Å². The highest BCUT2D eigenvalue weighted by atomic mass is 35.5. The highest BCUT2D eigenvalue weighted by Crippen LogP contribution is 2.34. The van der Waals surface area contributed by atoms with Gasteiger partial charge in [0.1, 0.15) is 6.54 Å². The first-order chi connectivity index (χ1) is 15.8. The predicted molar refractivity (Wildman–Crippen MR) is 124 cm³/mol. The van der Waals surface area contributed by atoms with Crippen molar-refractivity contribution in [2.45, 2.75) is 6.92 Å². The van der Waals surface area contributed by atoms with Gasteiger partial charge >= 0.3 is 5.97 Å². The summed E-state index contributed by atoms with van der Waals surface area (Å²) in [6.45, 7) is 1.09. The van der Waals surface area contributed by atoms with Crippen LogP contribution in [0.2, 0.25) is 5.02 Å². The van der Waals surface area contributed by atoms with E-state index in [-0.39, 0.29) is 10.7 Å². The van der Waals surface area contributed by atoms with Gasteiger partial charge < -0.3 is 19.9 Å². The molecule has 9 nitrogen and oxygen atoms in total. The fraction of sp³-hybridized carbons (Fsp3) is 0.182. The number of halogens is 1. The monoisotopic (exact) mass is 490 g/mol. The first-order valence-corrected chi connectivity index (χ1v) is 10.9. The number of ether oxygens (including phenoxy) is 2. The van der Waals surface area contributed by atoms with E-state index in [1.807, 2.05) is 0 Å². The lowest BCUT2D eigenvalue weighted by molar-refractivity contribution is -0.139. The van der Waals surface area contributed by atoms with Crippen molar-refractivity contribution >= 4 is 58.1 Å². The average Bonchev–Trinajstić information content (AvgIpc) is 3.00. The highest BCUT2D eigenvalue weighted by Gasteiger charge is 2.36. The summed E-state index contributed by atoms with van der Waals surface area (Å²) in [7, 11) is 0. The minimum Gasteiger partial charge on any atom is -0.490 e. The maximum absolute atomic E-state index is 12.7. The van der Waals surface area contributed by atoms with Gasteiger partial charge in [0.25, 0.3) is 11.1 Å². The van der Waals surface area contributed by atoms with Gasteiger partial charge in [-0.05, 0) is 60.7 Å². The number of imide groups is 1. The zero-order chi connectivity index (χ0) is 24.0. The minimum atomic E-state index is -1.13. The third kappa shape index (κ3) is 6.50. The topological polar surface area (TPSA) is 122 Å². The summed E-state index contributed by atoms with van der Waals surface area (Å²) >= 11 is 6.60. The number of hydrogen-bond donors (Lipinski definition) is 2. The van der Waals surface area contributed by atoms with Crippen molar-refractivity contribution < 1.29 is 33.8 Å². The third-order valence-electron chi connectivity index (χ3n) is 4.20. The second kappa shape index (κ2) is 10.9. The van der Waals surface area contributed by atoms with Gasteiger partial charge in [-0.1, -0.05) is 23.7 Å². The lowest BCUT2D eigenvalue weighted by Crippen LogP contribution is -2.36. The van der Waals surface area contributed by atoms with Gasteiger partial charge in [0, 0.05) is 10.7 Å². The Balaban J connectivity index is 1.72. The number of carboxylic acids is 1. The van der Waals surface area contributed by atoms with E-state index in [0.29, 0.717) is 40.4 Å². The Bertz CT molecular complexity index is 1140. The van der Waals surface area contributed by atoms with Crippen LogP contribution in [0.25, 0.3) is 6.08 Å². The molecule has 0 atom stereocenters. The second-order valence-electron chi connectivity index (χ2n) is 6.65. The van der Waals surface area contributed by atoms with Gasteiger partial charge in [-0.3, -0.25) is 19.3 Å². The molecule has 1 fully saturated rings. The van der Waals surface area contributed by atoms with E-state index in [0.717, 1.165) is 4.90 Å². The zero-order valence-electron chi connectivity index (χ0n) is 17.4. The fourth-order valence-electron chi connectivity index (χ4n) is 2.84. The summed E-state index contributed by atoms with van der Waals surface area (Å²) in [5.41, 5.74) is 0.985. The fourth-order valence-corrected chi connectivity index (χ4v) is 3.87. The predicted octanol–water partition coefficient (Wildman–Crippen LogP) is 3.88. The molecule has 0 aliphatic carbocycles. The lowest BCUT2D eigenvalue weighted by Gasteiger charge is -2.13. The molecule has 1 heterocycles. The third-order valence-corrected chi connectivity index (χ3v) is 5.34. The van der Waals surface area contributed by atoms with Crippen LogP contribution in [0, 0.1) is 0 Å². The van der Waals surface area contributed by atoms with Crippen molar-refractivity contribution in [1.82, 2.24) is 4.90 Å². The maximum atomic E-state index is 12.7. The molecular formula is C22H19ClN2O7S. The molecule has 0 radical (unpaired) electrons. The number of rotatable bonds is 9. The van der Waals surface area contributed by atoms with Crippen LogP contribution in [-0.4, -0.2) is 52.8 Å². The molecule has 0 spiro atoms. The number of thioether (sulfide) groups is 1. The Morgan fingerprint density at radius 3 is 2.64 bits per heavy atom. The molecular weight excluding hydrogens is 472 g/mol. The van der Waals surface area contributed by atoms with E-state index in [1.165, 1.54) is 12.1 Å². The summed E-state index contributed by atoms with van der Waals surface area (Å²) in [4.78, 5) is 49.1. The molecule has 1 aliphatic heterocycles. The molecule has 2 aromatic rings. The molecule has 3 rings (SSSR count). The minimum absolute atomic E-state index is 0.136. The average molecular weight is 491 g/mol. The number of hydrogen-bond acceptors (Lipinski definition) is 7. The van der Waals surface area contributed by atoms with Gasteiger partial charge in [-0.25, -0.2) is 4.79 Å². The Morgan fingerprint density at radius 2 is 1.94 bits per heavy atom. The van der Waals surface area contributed by atoms with E-state index in [9.17, 15) is 19.2 Å². The van der Waals surface area contributed by atoms with Crippen LogP contribution in [0.5, 0.6) is 11.5 Å². The lowest BCUT2D eigenvalue weighted by atomic mass is 10.2. The Hall–Kier alpha value is -3.50. The summed E-state index contributed by atoms with van der Waals surface area (Å²) < 4.78 is 10.7. The number of amides is 3. The van der Waals surface area contributed by atoms with E-state index < -0.39 is 36.2 Å². The molecule has 3 amide bonds. The van der Waals surface area contributed by atoms with E-state index in [4.69, 9.17) is 26.2 Å². The van der Waals surface area contributed by atoms with Crippen LogP contribution in [-0.2, 0) is 14.4 Å². The standard InChI is InChI=1S/C22H19ClN2O7S/c1-2-31-17-8-13(6-7-16(17)32-12-20(27)28)9-18-21(29)25(22(30)33-18)11-19(26)24-15-5-3-4-14(23)10-15/h3-10H,2,11-12H2,1H3,(H,24,26)(H,27,28)/b18-9+. The molecule has 2 N–H and O–H groups in total. The van der Waals surface area contributed by atoms with Crippen molar-refractivity contribution in [3.8, 4) is 11.5 Å². The normalized spacial score (nSPS) is 14.5. The second-order valence-corrected chi connectivity index (χ2v) is 8.08. The largest absolute Gasteiger partial charge is 0.490 e. The molecule has 0 unspecified atom stereocenters. The molecule has 2 aromatic carbocycles. The van der Waals surface area contributed by atoms with Gasteiger partial charge in [0.15, 0.2) is 18.1 Å². The van der Waals surface area contributed by atoms with E-state index in [2.05, 4.69) is 5.32 Å². The SMILES string of the molecule is CCOc1cc(/C=C2/SC(=O)N(CC(=O)Nc3cccc(Cl)c3)C2=O)ccc1OCC(=O)O. The molecule has 1 aliphatic rings. The number of aliphatic carboxylic acids is 1. The Labute approximate surface area is 198 Å². The summed E-state index contributed by atoms with van der Waals surface area (Å²) in [6.07, 6.45) is 1.49. The van der Waals surface area contributed by atoms with Crippen LogP contribution >= 0.6 is 23.4 Å². The number of carbonyl (C=O) groups is 4. The maximum Gasteiger partial charge on any atom is 0.341 e. The smallest absolute Gasteiger partial charge is 0.341 e. The number of carboxylic acid groups (broad SMARTS) is 1. The molecule has 172 valence electrons. The number of carbonyl (C=O) groups excluding carboxylic acids is 3. The molecule has 33 heavy (non-hydrogen) atoms. The van der Waals surface area contributed by atoms with Crippen LogP contribution in [0.4, 0.5) is 10.5 Å². The number of anilines is 1. The number of benzene rings is 2. The highest BCUT2D eigenvalue weighted by molar-refractivity contribution is 8.18. The Kier molecular flexibility index (Phi) is 7.96. The van der Waals surface area contributed by atoms with Crippen molar-refractivity contribution in [3.63, 3.8) is 0 Å². The van der Waals surface area contributed by atoms with Crippen molar-refractivity contribution in [2.24, 2.45) is 0 Å². The van der Waals surface area contributed by atoms with Gasteiger partial charge in [0.2, 0.25) is 5.91 Å². The summed E-state index contributed by atoms with van der Waals surface area (Å²) in [6, 6.07) is 11.2. The molecule has 0 aromatic heterocycles. The van der Waals surface area contributed by atoms with E-state index in [1.54, 1.807) is 43.3 Å².